The number of ether oxygens (including phenoxy) is 2. The first kappa shape index (κ1) is 17.8. The van der Waals surface area contributed by atoms with Crippen LogP contribution in [0.15, 0.2) is 58.4 Å². The first-order valence-electron chi connectivity index (χ1n) is 8.20. The lowest BCUT2D eigenvalue weighted by Gasteiger charge is -2.21. The number of ketones is 1. The Morgan fingerprint density at radius 3 is 2.37 bits per heavy atom. The Morgan fingerprint density at radius 1 is 1.00 bits per heavy atom. The van der Waals surface area contributed by atoms with Crippen LogP contribution >= 0.6 is 27.3 Å². The number of hydrogen-bond acceptors (Lipinski definition) is 5. The largest absolute Gasteiger partial charge is 0.486 e. The second-order valence-electron chi connectivity index (χ2n) is 5.81. The molecule has 0 atom stereocenters. The summed E-state index contributed by atoms with van der Waals surface area (Å²) >= 11 is 4.70. The van der Waals surface area contributed by atoms with Gasteiger partial charge in [-0.1, -0.05) is 22.0 Å². The van der Waals surface area contributed by atoms with E-state index in [1.807, 2.05) is 5.38 Å². The van der Waals surface area contributed by atoms with Gasteiger partial charge in [-0.05, 0) is 41.8 Å². The van der Waals surface area contributed by atoms with E-state index in [9.17, 15) is 9.59 Å². The highest BCUT2D eigenvalue weighted by Gasteiger charge is 2.22. The van der Waals surface area contributed by atoms with E-state index in [-0.39, 0.29) is 11.7 Å². The number of carbonyl (C=O) groups excluding carboxylic acids is 2. The normalized spacial score (nSPS) is 12.5. The predicted octanol–water partition coefficient (Wildman–Crippen LogP) is 4.77. The number of thiophene rings is 1. The first-order valence-corrected chi connectivity index (χ1v) is 9.88. The van der Waals surface area contributed by atoms with E-state index in [0.717, 1.165) is 4.47 Å². The third-order valence-electron chi connectivity index (χ3n) is 4.03. The van der Waals surface area contributed by atoms with Crippen molar-refractivity contribution in [2.24, 2.45) is 0 Å². The third-order valence-corrected chi connectivity index (χ3v) is 5.42. The predicted molar refractivity (Wildman–Crippen MR) is 107 cm³/mol. The van der Waals surface area contributed by atoms with Crippen LogP contribution in [0.1, 0.15) is 25.6 Å². The number of amides is 1. The molecule has 0 spiro atoms. The van der Waals surface area contributed by atoms with E-state index in [1.165, 1.54) is 11.3 Å². The fourth-order valence-electron chi connectivity index (χ4n) is 2.73. The van der Waals surface area contributed by atoms with Crippen LogP contribution in [-0.4, -0.2) is 24.9 Å². The molecule has 27 heavy (non-hydrogen) atoms. The van der Waals surface area contributed by atoms with Crippen LogP contribution in [0.4, 0.5) is 5.69 Å². The van der Waals surface area contributed by atoms with Gasteiger partial charge in [0.15, 0.2) is 17.3 Å². The average Bonchev–Trinajstić information content (AvgIpc) is 3.22. The second-order valence-corrected chi connectivity index (χ2v) is 7.67. The highest BCUT2D eigenvalue weighted by Crippen LogP contribution is 2.37. The van der Waals surface area contributed by atoms with Crippen molar-refractivity contribution in [2.45, 2.75) is 0 Å². The molecule has 1 N–H and O–H groups in total. The van der Waals surface area contributed by atoms with Crippen LogP contribution < -0.4 is 14.8 Å². The highest BCUT2D eigenvalue weighted by atomic mass is 79.9. The number of carbonyl (C=O) groups is 2. The molecule has 0 fully saturated rings. The number of rotatable bonds is 4. The van der Waals surface area contributed by atoms with E-state index in [2.05, 4.69) is 21.2 Å². The Balaban J connectivity index is 1.75. The van der Waals surface area contributed by atoms with Crippen molar-refractivity contribution in [3.63, 3.8) is 0 Å². The van der Waals surface area contributed by atoms with Gasteiger partial charge in [0.2, 0.25) is 0 Å². The first-order chi connectivity index (χ1) is 13.1. The molecule has 2 aromatic carbocycles. The lowest BCUT2D eigenvalue weighted by atomic mass is 10.0. The maximum absolute atomic E-state index is 13.1. The van der Waals surface area contributed by atoms with E-state index < -0.39 is 0 Å². The number of fused-ring (bicyclic) bond motifs is 1. The zero-order valence-corrected chi connectivity index (χ0v) is 16.4. The Bertz CT molecular complexity index is 1000. The van der Waals surface area contributed by atoms with Crippen LogP contribution in [0.25, 0.3) is 0 Å². The van der Waals surface area contributed by atoms with Crippen molar-refractivity contribution in [2.75, 3.05) is 18.5 Å². The molecule has 7 heteroatoms. The van der Waals surface area contributed by atoms with Gasteiger partial charge in [0.1, 0.15) is 13.2 Å². The maximum Gasteiger partial charge on any atom is 0.265 e. The van der Waals surface area contributed by atoms with Gasteiger partial charge in [0, 0.05) is 16.1 Å². The smallest absolute Gasteiger partial charge is 0.265 e. The molecule has 5 nitrogen and oxygen atoms in total. The fraction of sp³-hybridized carbons (Fsp3) is 0.100. The van der Waals surface area contributed by atoms with Crippen molar-refractivity contribution in [1.82, 2.24) is 0 Å². The quantitative estimate of drug-likeness (QED) is 0.590. The van der Waals surface area contributed by atoms with E-state index in [0.29, 0.717) is 46.4 Å². The number of hydrogen-bond donors (Lipinski definition) is 1. The van der Waals surface area contributed by atoms with Gasteiger partial charge < -0.3 is 14.8 Å². The lowest BCUT2D eigenvalue weighted by Crippen LogP contribution is -2.18. The van der Waals surface area contributed by atoms with E-state index in [4.69, 9.17) is 9.47 Å². The van der Waals surface area contributed by atoms with Crippen LogP contribution in [0.2, 0.25) is 0 Å². The third kappa shape index (κ3) is 3.74. The number of halogens is 1. The summed E-state index contributed by atoms with van der Waals surface area (Å²) in [7, 11) is 0. The summed E-state index contributed by atoms with van der Waals surface area (Å²) in [6.45, 7) is 0.838. The van der Waals surface area contributed by atoms with Gasteiger partial charge in [-0.25, -0.2) is 0 Å². The molecule has 0 saturated carbocycles. The standard InChI is InChI=1S/C20H14BrNO4S/c21-13-5-3-12(4-6-13)19(23)14-10-16-17(26-8-7-25-16)11-15(14)22-20(24)18-2-1-9-27-18/h1-6,9-11H,7-8H2,(H,22,24). The molecule has 1 amide bonds. The minimum absolute atomic E-state index is 0.207. The Morgan fingerprint density at radius 2 is 1.70 bits per heavy atom. The topological polar surface area (TPSA) is 64.6 Å². The minimum atomic E-state index is -0.272. The highest BCUT2D eigenvalue weighted by molar-refractivity contribution is 9.10. The Kier molecular flexibility index (Phi) is 4.96. The molecule has 2 heterocycles. The van der Waals surface area contributed by atoms with Gasteiger partial charge in [-0.3, -0.25) is 9.59 Å². The summed E-state index contributed by atoms with van der Waals surface area (Å²) in [6, 6.07) is 13.9. The fourth-order valence-corrected chi connectivity index (χ4v) is 3.61. The molecular weight excluding hydrogens is 430 g/mol. The van der Waals surface area contributed by atoms with Crippen molar-refractivity contribution in [3.05, 3.63) is 74.4 Å². The van der Waals surface area contributed by atoms with Crippen molar-refractivity contribution in [3.8, 4) is 11.5 Å². The summed E-state index contributed by atoms with van der Waals surface area (Å²) in [5, 5.41) is 4.66. The molecule has 0 saturated heterocycles. The molecule has 3 aromatic rings. The second kappa shape index (κ2) is 7.54. The molecule has 4 rings (SSSR count). The van der Waals surface area contributed by atoms with E-state index in [1.54, 1.807) is 48.5 Å². The van der Waals surface area contributed by atoms with Crippen molar-refractivity contribution < 1.29 is 19.1 Å². The van der Waals surface area contributed by atoms with Crippen LogP contribution in [0.5, 0.6) is 11.5 Å². The van der Waals surface area contributed by atoms with Crippen LogP contribution in [0, 0.1) is 0 Å². The van der Waals surface area contributed by atoms with Crippen molar-refractivity contribution >= 4 is 44.6 Å². The van der Waals surface area contributed by atoms with E-state index >= 15 is 0 Å². The molecule has 1 aliphatic rings. The monoisotopic (exact) mass is 443 g/mol. The van der Waals surface area contributed by atoms with Crippen molar-refractivity contribution in [1.29, 1.82) is 0 Å². The molecule has 1 aliphatic heterocycles. The number of anilines is 1. The zero-order chi connectivity index (χ0) is 18.8. The van der Waals surface area contributed by atoms with Gasteiger partial charge in [0.05, 0.1) is 16.1 Å². The average molecular weight is 444 g/mol. The minimum Gasteiger partial charge on any atom is -0.486 e. The van der Waals surface area contributed by atoms with Crippen LogP contribution in [-0.2, 0) is 0 Å². The molecular formula is C20H14BrNO4S. The summed E-state index contributed by atoms with van der Waals surface area (Å²) < 4.78 is 12.1. The SMILES string of the molecule is O=C(Nc1cc2c(cc1C(=O)c1ccc(Br)cc1)OCCO2)c1cccs1. The summed E-state index contributed by atoms with van der Waals surface area (Å²) in [5.74, 6) is 0.526. The molecule has 136 valence electrons. The molecule has 0 unspecified atom stereocenters. The molecule has 0 aliphatic carbocycles. The van der Waals surface area contributed by atoms with Gasteiger partial charge in [0.25, 0.3) is 5.91 Å². The van der Waals surface area contributed by atoms with Crippen LogP contribution in [0.3, 0.4) is 0 Å². The van der Waals surface area contributed by atoms with Gasteiger partial charge >= 0.3 is 0 Å². The summed E-state index contributed by atoms with van der Waals surface area (Å²) in [5.41, 5.74) is 1.26. The molecule has 0 radical (unpaired) electrons. The summed E-state index contributed by atoms with van der Waals surface area (Å²) in [6.07, 6.45) is 0. The Hall–Kier alpha value is -2.64. The Labute approximate surface area is 168 Å². The lowest BCUT2D eigenvalue weighted by molar-refractivity contribution is 0.103. The summed E-state index contributed by atoms with van der Waals surface area (Å²) in [4.78, 5) is 26.1. The number of nitrogens with one attached hydrogen (secondary N) is 1. The molecule has 1 aromatic heterocycles. The van der Waals surface area contributed by atoms with Gasteiger partial charge in [-0.2, -0.15) is 0 Å². The number of benzene rings is 2. The molecule has 0 bridgehead atoms. The zero-order valence-electron chi connectivity index (χ0n) is 14.0. The van der Waals surface area contributed by atoms with Gasteiger partial charge in [-0.15, -0.1) is 11.3 Å². The maximum atomic E-state index is 13.1.